The lowest BCUT2D eigenvalue weighted by Crippen LogP contribution is -2.53. The zero-order valence-corrected chi connectivity index (χ0v) is 8.41. The molecule has 1 aromatic rings. The second kappa shape index (κ2) is 3.42. The largest absolute Gasteiger partial charge is 0.313 e. The number of hydrogen-bond donors (Lipinski definition) is 1. The molecule has 0 aromatic carbocycles. The molecule has 2 atom stereocenters. The molecule has 78 valence electrons. The zero-order valence-electron chi connectivity index (χ0n) is 8.41. The highest BCUT2D eigenvalue weighted by molar-refractivity contribution is 5.66. The van der Waals surface area contributed by atoms with E-state index in [2.05, 4.69) is 16.4 Å². The van der Waals surface area contributed by atoms with Gasteiger partial charge in [0.15, 0.2) is 0 Å². The molecule has 2 aliphatic rings. The van der Waals surface area contributed by atoms with Gasteiger partial charge in [-0.2, -0.15) is 4.39 Å². The van der Waals surface area contributed by atoms with Crippen molar-refractivity contribution in [1.29, 1.82) is 0 Å². The van der Waals surface area contributed by atoms with E-state index in [1.165, 1.54) is 11.6 Å². The minimum absolute atomic E-state index is 0.408. The fourth-order valence-corrected chi connectivity index (χ4v) is 2.35. The number of halogens is 1. The summed E-state index contributed by atoms with van der Waals surface area (Å²) in [5.74, 6) is 0.414. The molecule has 1 aliphatic heterocycles. The van der Waals surface area contributed by atoms with Crippen LogP contribution in [0.25, 0.3) is 5.57 Å². The lowest BCUT2D eigenvalue weighted by Gasteiger charge is -2.41. The third-order valence-corrected chi connectivity index (χ3v) is 3.42. The fraction of sp³-hybridized carbons (Fsp3) is 0.417. The molecular weight excluding hydrogens is 191 g/mol. The molecular formula is C12H13FN2. The Balaban J connectivity index is 1.85. The van der Waals surface area contributed by atoms with Crippen LogP contribution in [-0.4, -0.2) is 17.6 Å². The number of fused-ring (bicyclic) bond motifs is 1. The molecule has 0 radical (unpaired) electrons. The molecule has 1 aromatic heterocycles. The normalized spacial score (nSPS) is 29.0. The summed E-state index contributed by atoms with van der Waals surface area (Å²) in [5, 5.41) is 3.42. The van der Waals surface area contributed by atoms with E-state index in [1.54, 1.807) is 6.20 Å². The molecule has 0 spiro atoms. The Bertz CT molecular complexity index is 397. The Morgan fingerprint density at radius 3 is 2.93 bits per heavy atom. The molecule has 2 heterocycles. The van der Waals surface area contributed by atoms with Crippen molar-refractivity contribution in [2.45, 2.75) is 18.9 Å². The summed E-state index contributed by atoms with van der Waals surface area (Å²) in [5.41, 5.74) is 2.36. The monoisotopic (exact) mass is 204 g/mol. The van der Waals surface area contributed by atoms with Crippen LogP contribution in [0, 0.1) is 11.9 Å². The second-order valence-corrected chi connectivity index (χ2v) is 4.31. The maximum atomic E-state index is 12.7. The van der Waals surface area contributed by atoms with E-state index in [-0.39, 0.29) is 0 Å². The van der Waals surface area contributed by atoms with E-state index < -0.39 is 5.95 Å². The summed E-state index contributed by atoms with van der Waals surface area (Å²) in [6.45, 7) is 1.15. The predicted molar refractivity (Wildman–Crippen MR) is 56.7 cm³/mol. The van der Waals surface area contributed by atoms with Crippen LogP contribution in [0.5, 0.6) is 0 Å². The minimum atomic E-state index is -0.408. The third kappa shape index (κ3) is 1.57. The van der Waals surface area contributed by atoms with Crippen molar-refractivity contribution in [1.82, 2.24) is 10.3 Å². The van der Waals surface area contributed by atoms with Crippen molar-refractivity contribution < 1.29 is 4.39 Å². The summed E-state index contributed by atoms with van der Waals surface area (Å²) in [6, 6.07) is 3.87. The number of nitrogens with zero attached hydrogens (tertiary/aromatic N) is 1. The van der Waals surface area contributed by atoms with Crippen LogP contribution in [0.1, 0.15) is 18.4 Å². The van der Waals surface area contributed by atoms with Gasteiger partial charge >= 0.3 is 0 Å². The molecule has 1 saturated heterocycles. The molecule has 2 nitrogen and oxygen atoms in total. The average molecular weight is 204 g/mol. The van der Waals surface area contributed by atoms with Crippen LogP contribution in [0.15, 0.2) is 24.4 Å². The second-order valence-electron chi connectivity index (χ2n) is 4.31. The van der Waals surface area contributed by atoms with Crippen LogP contribution in [0.4, 0.5) is 4.39 Å². The van der Waals surface area contributed by atoms with Gasteiger partial charge in [-0.15, -0.1) is 0 Å². The zero-order chi connectivity index (χ0) is 10.3. The van der Waals surface area contributed by atoms with Gasteiger partial charge in [-0.3, -0.25) is 0 Å². The molecule has 1 N–H and O–H groups in total. The van der Waals surface area contributed by atoms with E-state index in [1.807, 2.05) is 6.07 Å². The van der Waals surface area contributed by atoms with Gasteiger partial charge in [0, 0.05) is 18.8 Å². The van der Waals surface area contributed by atoms with Gasteiger partial charge in [-0.25, -0.2) is 4.98 Å². The first-order chi connectivity index (χ1) is 7.33. The van der Waals surface area contributed by atoms with Crippen LogP contribution in [-0.2, 0) is 0 Å². The van der Waals surface area contributed by atoms with Gasteiger partial charge < -0.3 is 5.32 Å². The van der Waals surface area contributed by atoms with E-state index >= 15 is 0 Å². The van der Waals surface area contributed by atoms with E-state index in [0.29, 0.717) is 6.04 Å². The van der Waals surface area contributed by atoms with E-state index in [4.69, 9.17) is 0 Å². The quantitative estimate of drug-likeness (QED) is 0.707. The molecule has 15 heavy (non-hydrogen) atoms. The molecule has 0 bridgehead atoms. The summed E-state index contributed by atoms with van der Waals surface area (Å²) in [7, 11) is 0. The topological polar surface area (TPSA) is 24.9 Å². The Kier molecular flexibility index (Phi) is 2.06. The van der Waals surface area contributed by atoms with Crippen LogP contribution >= 0.6 is 0 Å². The first-order valence-corrected chi connectivity index (χ1v) is 5.37. The van der Waals surface area contributed by atoms with E-state index in [9.17, 15) is 4.39 Å². The SMILES string of the molecule is Fc1ccc(C2=CC[C@H]3CN[C@H]3C2)cn1. The maximum absolute atomic E-state index is 12.7. The van der Waals surface area contributed by atoms with Gasteiger partial charge in [0.2, 0.25) is 5.95 Å². The molecule has 1 aliphatic carbocycles. The highest BCUT2D eigenvalue weighted by atomic mass is 19.1. The van der Waals surface area contributed by atoms with Gasteiger partial charge in [0.25, 0.3) is 0 Å². The van der Waals surface area contributed by atoms with Crippen molar-refractivity contribution in [3.63, 3.8) is 0 Å². The Labute approximate surface area is 88.2 Å². The first kappa shape index (κ1) is 9.04. The summed E-state index contributed by atoms with van der Waals surface area (Å²) in [4.78, 5) is 3.69. The van der Waals surface area contributed by atoms with Gasteiger partial charge in [0.05, 0.1) is 0 Å². The maximum Gasteiger partial charge on any atom is 0.212 e. The molecule has 1 fully saturated rings. The van der Waals surface area contributed by atoms with Gasteiger partial charge in [-0.05, 0) is 42.0 Å². The lowest BCUT2D eigenvalue weighted by atomic mass is 9.78. The Morgan fingerprint density at radius 2 is 2.33 bits per heavy atom. The Hall–Kier alpha value is -1.22. The first-order valence-electron chi connectivity index (χ1n) is 5.37. The third-order valence-electron chi connectivity index (χ3n) is 3.42. The molecule has 0 amide bonds. The van der Waals surface area contributed by atoms with E-state index in [0.717, 1.165) is 30.9 Å². The van der Waals surface area contributed by atoms with Crippen LogP contribution < -0.4 is 5.32 Å². The van der Waals surface area contributed by atoms with Crippen molar-refractivity contribution in [2.24, 2.45) is 5.92 Å². The number of aromatic nitrogens is 1. The van der Waals surface area contributed by atoms with Crippen molar-refractivity contribution in [3.05, 3.63) is 35.9 Å². The molecule has 3 rings (SSSR count). The van der Waals surface area contributed by atoms with Crippen LogP contribution in [0.3, 0.4) is 0 Å². The summed E-state index contributed by atoms with van der Waals surface area (Å²) in [6.07, 6.45) is 6.10. The van der Waals surface area contributed by atoms with Crippen molar-refractivity contribution in [2.75, 3.05) is 6.54 Å². The highest BCUT2D eigenvalue weighted by Gasteiger charge is 2.32. The number of nitrogens with one attached hydrogen (secondary N) is 1. The molecule has 0 unspecified atom stereocenters. The van der Waals surface area contributed by atoms with Crippen molar-refractivity contribution in [3.8, 4) is 0 Å². The Morgan fingerprint density at radius 1 is 1.40 bits per heavy atom. The minimum Gasteiger partial charge on any atom is -0.313 e. The average Bonchev–Trinajstić information content (AvgIpc) is 2.22. The number of pyridine rings is 1. The van der Waals surface area contributed by atoms with Crippen LogP contribution in [0.2, 0.25) is 0 Å². The predicted octanol–water partition coefficient (Wildman–Crippen LogP) is 1.99. The lowest BCUT2D eigenvalue weighted by molar-refractivity contribution is 0.231. The van der Waals surface area contributed by atoms with Crippen molar-refractivity contribution >= 4 is 5.57 Å². The smallest absolute Gasteiger partial charge is 0.212 e. The number of allylic oxidation sites excluding steroid dienone is 1. The highest BCUT2D eigenvalue weighted by Crippen LogP contribution is 2.33. The summed E-state index contributed by atoms with van der Waals surface area (Å²) < 4.78 is 12.7. The van der Waals surface area contributed by atoms with Gasteiger partial charge in [-0.1, -0.05) is 6.08 Å². The number of rotatable bonds is 1. The fourth-order valence-electron chi connectivity index (χ4n) is 2.35. The summed E-state index contributed by atoms with van der Waals surface area (Å²) >= 11 is 0. The van der Waals surface area contributed by atoms with Gasteiger partial charge in [0.1, 0.15) is 0 Å². The molecule has 0 saturated carbocycles. The number of hydrogen-bond acceptors (Lipinski definition) is 2. The molecule has 3 heteroatoms. The standard InChI is InChI=1S/C12H13FN2/c13-12-4-3-9(6-15-12)8-1-2-10-7-14-11(10)5-8/h1,3-4,6,10-11,14H,2,5,7H2/t10-,11-/m0/s1.